The van der Waals surface area contributed by atoms with Crippen LogP contribution in [0.1, 0.15) is 25.5 Å². The van der Waals surface area contributed by atoms with Crippen molar-refractivity contribution in [3.05, 3.63) is 29.8 Å². The van der Waals surface area contributed by atoms with Crippen LogP contribution in [0.2, 0.25) is 0 Å². The van der Waals surface area contributed by atoms with E-state index >= 15 is 0 Å². The van der Waals surface area contributed by atoms with Crippen LogP contribution in [0.4, 0.5) is 0 Å². The van der Waals surface area contributed by atoms with Gasteiger partial charge in [-0.15, -0.1) is 0 Å². The first-order chi connectivity index (χ1) is 8.48. The van der Waals surface area contributed by atoms with Gasteiger partial charge in [0, 0.05) is 25.1 Å². The van der Waals surface area contributed by atoms with Gasteiger partial charge in [0.05, 0.1) is 13.2 Å². The van der Waals surface area contributed by atoms with E-state index in [-0.39, 0.29) is 12.0 Å². The summed E-state index contributed by atoms with van der Waals surface area (Å²) in [5.41, 5.74) is 0.650. The van der Waals surface area contributed by atoms with Crippen LogP contribution in [0.5, 0.6) is 5.75 Å². The molecule has 4 heteroatoms. The summed E-state index contributed by atoms with van der Waals surface area (Å²) in [7, 11) is 1.60. The van der Waals surface area contributed by atoms with Crippen LogP contribution < -0.4 is 10.1 Å². The summed E-state index contributed by atoms with van der Waals surface area (Å²) in [4.78, 5) is 0. The molecule has 0 aliphatic rings. The molecule has 1 rings (SSSR count). The Labute approximate surface area is 109 Å². The molecule has 0 aliphatic carbocycles. The molecule has 3 N–H and O–H groups in total. The van der Waals surface area contributed by atoms with Gasteiger partial charge in [-0.05, 0) is 17.7 Å². The van der Waals surface area contributed by atoms with E-state index in [4.69, 9.17) is 9.84 Å². The Morgan fingerprint density at radius 2 is 2.11 bits per heavy atom. The van der Waals surface area contributed by atoms with Gasteiger partial charge in [-0.2, -0.15) is 0 Å². The fraction of sp³-hybridized carbons (Fsp3) is 0.571. The maximum Gasteiger partial charge on any atom is 0.119 e. The molecule has 0 spiro atoms. The summed E-state index contributed by atoms with van der Waals surface area (Å²) in [5, 5.41) is 22.3. The zero-order valence-corrected chi connectivity index (χ0v) is 11.3. The standard InChI is InChI=1S/C14H23NO3/c1-14(2,10-16)9-15-8-13(17)11-5-4-6-12(7-11)18-3/h4-7,13,15-17H,8-10H2,1-3H3. The summed E-state index contributed by atoms with van der Waals surface area (Å²) < 4.78 is 5.12. The zero-order chi connectivity index (χ0) is 13.6. The molecule has 1 aromatic rings. The van der Waals surface area contributed by atoms with Crippen molar-refractivity contribution in [1.82, 2.24) is 5.32 Å². The Kier molecular flexibility index (Phi) is 5.59. The first-order valence-corrected chi connectivity index (χ1v) is 6.12. The van der Waals surface area contributed by atoms with E-state index in [1.807, 2.05) is 38.1 Å². The number of rotatable bonds is 7. The minimum absolute atomic E-state index is 0.120. The summed E-state index contributed by atoms with van der Waals surface area (Å²) in [6, 6.07) is 7.39. The van der Waals surface area contributed by atoms with Crippen LogP contribution in [0.25, 0.3) is 0 Å². The van der Waals surface area contributed by atoms with E-state index in [1.54, 1.807) is 7.11 Å². The first kappa shape index (κ1) is 15.0. The van der Waals surface area contributed by atoms with Gasteiger partial charge in [-0.3, -0.25) is 0 Å². The van der Waals surface area contributed by atoms with Crippen molar-refractivity contribution in [3.8, 4) is 5.75 Å². The molecule has 0 saturated carbocycles. The van der Waals surface area contributed by atoms with Gasteiger partial charge in [0.15, 0.2) is 0 Å². The number of hydrogen-bond donors (Lipinski definition) is 3. The smallest absolute Gasteiger partial charge is 0.119 e. The lowest BCUT2D eigenvalue weighted by atomic mass is 9.95. The van der Waals surface area contributed by atoms with Crippen molar-refractivity contribution in [2.45, 2.75) is 20.0 Å². The molecule has 1 atom stereocenters. The van der Waals surface area contributed by atoms with Crippen molar-refractivity contribution in [3.63, 3.8) is 0 Å². The maximum atomic E-state index is 10.0. The minimum atomic E-state index is -0.574. The topological polar surface area (TPSA) is 61.7 Å². The van der Waals surface area contributed by atoms with Crippen LogP contribution in [-0.4, -0.2) is 37.0 Å². The molecule has 1 unspecified atom stereocenters. The van der Waals surface area contributed by atoms with Gasteiger partial charge in [0.1, 0.15) is 5.75 Å². The second kappa shape index (κ2) is 6.73. The molecule has 4 nitrogen and oxygen atoms in total. The van der Waals surface area contributed by atoms with Gasteiger partial charge in [-0.25, -0.2) is 0 Å². The third kappa shape index (κ3) is 4.64. The molecule has 102 valence electrons. The molecular weight excluding hydrogens is 230 g/mol. The highest BCUT2D eigenvalue weighted by Gasteiger charge is 2.16. The Hall–Kier alpha value is -1.10. The number of aliphatic hydroxyl groups excluding tert-OH is 2. The second-order valence-corrected chi connectivity index (χ2v) is 5.25. The van der Waals surface area contributed by atoms with Gasteiger partial charge in [0.2, 0.25) is 0 Å². The van der Waals surface area contributed by atoms with E-state index in [0.717, 1.165) is 11.3 Å². The Balaban J connectivity index is 2.47. The van der Waals surface area contributed by atoms with Crippen LogP contribution in [0.15, 0.2) is 24.3 Å². The lowest BCUT2D eigenvalue weighted by Crippen LogP contribution is -2.34. The van der Waals surface area contributed by atoms with Crippen LogP contribution in [0, 0.1) is 5.41 Å². The molecule has 0 fully saturated rings. The molecule has 0 amide bonds. The van der Waals surface area contributed by atoms with Crippen molar-refractivity contribution in [2.75, 3.05) is 26.8 Å². The number of nitrogens with one attached hydrogen (secondary N) is 1. The summed E-state index contributed by atoms with van der Waals surface area (Å²) >= 11 is 0. The van der Waals surface area contributed by atoms with E-state index in [2.05, 4.69) is 5.32 Å². The van der Waals surface area contributed by atoms with Crippen molar-refractivity contribution in [1.29, 1.82) is 0 Å². The fourth-order valence-corrected chi connectivity index (χ4v) is 1.57. The predicted octanol–water partition coefficient (Wildman–Crippen LogP) is 1.34. The Morgan fingerprint density at radius 1 is 1.39 bits per heavy atom. The molecule has 18 heavy (non-hydrogen) atoms. The Morgan fingerprint density at radius 3 is 2.72 bits per heavy atom. The lowest BCUT2D eigenvalue weighted by molar-refractivity contribution is 0.138. The number of ether oxygens (including phenoxy) is 1. The maximum absolute atomic E-state index is 10.0. The summed E-state index contributed by atoms with van der Waals surface area (Å²) in [6.07, 6.45) is -0.574. The van der Waals surface area contributed by atoms with E-state index < -0.39 is 6.10 Å². The monoisotopic (exact) mass is 253 g/mol. The summed E-state index contributed by atoms with van der Waals surface area (Å²) in [5.74, 6) is 0.738. The molecule has 0 aliphatic heterocycles. The van der Waals surface area contributed by atoms with Crippen molar-refractivity contribution < 1.29 is 14.9 Å². The second-order valence-electron chi connectivity index (χ2n) is 5.25. The third-order valence-electron chi connectivity index (χ3n) is 2.85. The average molecular weight is 253 g/mol. The number of aliphatic hydroxyl groups is 2. The van der Waals surface area contributed by atoms with Crippen LogP contribution >= 0.6 is 0 Å². The van der Waals surface area contributed by atoms with Crippen molar-refractivity contribution in [2.24, 2.45) is 5.41 Å². The highest BCUT2D eigenvalue weighted by atomic mass is 16.5. The SMILES string of the molecule is COc1cccc(C(O)CNCC(C)(C)CO)c1. The molecule has 0 saturated heterocycles. The average Bonchev–Trinajstić information content (AvgIpc) is 2.38. The normalized spacial score (nSPS) is 13.4. The van der Waals surface area contributed by atoms with Gasteiger partial charge in [0.25, 0.3) is 0 Å². The van der Waals surface area contributed by atoms with E-state index in [9.17, 15) is 5.11 Å². The molecule has 0 aromatic heterocycles. The van der Waals surface area contributed by atoms with E-state index in [0.29, 0.717) is 13.1 Å². The minimum Gasteiger partial charge on any atom is -0.497 e. The number of benzene rings is 1. The third-order valence-corrected chi connectivity index (χ3v) is 2.85. The highest BCUT2D eigenvalue weighted by molar-refractivity contribution is 5.29. The van der Waals surface area contributed by atoms with E-state index in [1.165, 1.54) is 0 Å². The van der Waals surface area contributed by atoms with Crippen LogP contribution in [-0.2, 0) is 0 Å². The predicted molar refractivity (Wildman–Crippen MR) is 71.7 cm³/mol. The molecule has 0 radical (unpaired) electrons. The number of hydrogen-bond acceptors (Lipinski definition) is 4. The largest absolute Gasteiger partial charge is 0.497 e. The van der Waals surface area contributed by atoms with Crippen LogP contribution in [0.3, 0.4) is 0 Å². The van der Waals surface area contributed by atoms with Crippen molar-refractivity contribution >= 4 is 0 Å². The lowest BCUT2D eigenvalue weighted by Gasteiger charge is -2.23. The van der Waals surface area contributed by atoms with Gasteiger partial charge in [-0.1, -0.05) is 26.0 Å². The molecular formula is C14H23NO3. The quantitative estimate of drug-likeness (QED) is 0.686. The molecule has 0 bridgehead atoms. The Bertz CT molecular complexity index is 366. The van der Waals surface area contributed by atoms with Gasteiger partial charge < -0.3 is 20.3 Å². The highest BCUT2D eigenvalue weighted by Crippen LogP contribution is 2.19. The fourth-order valence-electron chi connectivity index (χ4n) is 1.57. The first-order valence-electron chi connectivity index (χ1n) is 6.12. The zero-order valence-electron chi connectivity index (χ0n) is 11.3. The molecule has 0 heterocycles. The molecule has 1 aromatic carbocycles. The summed E-state index contributed by atoms with van der Waals surface area (Å²) in [6.45, 7) is 5.17. The number of methoxy groups -OCH3 is 1. The van der Waals surface area contributed by atoms with Gasteiger partial charge >= 0.3 is 0 Å².